The standard InChI is InChI=1S/2C10H12O2.Cd/c2*1-7(2)8-4-3-5-9(6-8)10(11)12;/h2*3-7H,1-2H3,(H,11,12);/q;;+2/p-2. The molecule has 2 aromatic rings. The van der Waals surface area contributed by atoms with Crippen molar-refractivity contribution < 1.29 is 47.1 Å². The van der Waals surface area contributed by atoms with Crippen molar-refractivity contribution in [2.24, 2.45) is 0 Å². The number of carboxylic acid groups (broad SMARTS) is 2. The summed E-state index contributed by atoms with van der Waals surface area (Å²) in [5.41, 5.74) is 2.55. The van der Waals surface area contributed by atoms with Crippen LogP contribution in [-0.2, 0) is 27.3 Å². The van der Waals surface area contributed by atoms with Gasteiger partial charge in [-0.2, -0.15) is 0 Å². The third-order valence-corrected chi connectivity index (χ3v) is 3.58. The molecule has 0 saturated heterocycles. The predicted octanol–water partition coefficient (Wildman–Crippen LogP) is 2.34. The molecule has 0 bridgehead atoms. The number of carbonyl (C=O) groups is 2. The smallest absolute Gasteiger partial charge is 0.545 e. The number of carbonyl (C=O) groups excluding carboxylic acids is 2. The van der Waals surface area contributed by atoms with Crippen LogP contribution in [0.5, 0.6) is 0 Å². The zero-order valence-corrected chi connectivity index (χ0v) is 19.1. The number of hydrogen-bond donors (Lipinski definition) is 0. The van der Waals surface area contributed by atoms with Gasteiger partial charge in [-0.1, -0.05) is 64.1 Å². The van der Waals surface area contributed by atoms with Gasteiger partial charge in [0.15, 0.2) is 0 Å². The normalized spacial score (nSPS) is 9.84. The van der Waals surface area contributed by atoms with Crippen molar-refractivity contribution in [3.8, 4) is 0 Å². The largest absolute Gasteiger partial charge is 2.00 e. The van der Waals surface area contributed by atoms with Gasteiger partial charge in [0, 0.05) is 0 Å². The number of carboxylic acids is 2. The Morgan fingerprint density at radius 1 is 0.720 bits per heavy atom. The Morgan fingerprint density at radius 3 is 1.28 bits per heavy atom. The van der Waals surface area contributed by atoms with Crippen LogP contribution >= 0.6 is 0 Å². The first kappa shape index (κ1) is 23.3. The van der Waals surface area contributed by atoms with Gasteiger partial charge in [-0.3, -0.25) is 0 Å². The minimum atomic E-state index is -1.11. The van der Waals surface area contributed by atoms with Crippen LogP contribution in [0.25, 0.3) is 0 Å². The fourth-order valence-corrected chi connectivity index (χ4v) is 2.05. The quantitative estimate of drug-likeness (QED) is 0.686. The molecule has 2 aromatic carbocycles. The van der Waals surface area contributed by atoms with Crippen LogP contribution in [0.2, 0.25) is 0 Å². The molecular formula is C20H22CdO4. The van der Waals surface area contributed by atoms with Gasteiger partial charge in [0.2, 0.25) is 0 Å². The van der Waals surface area contributed by atoms with Gasteiger partial charge in [0.25, 0.3) is 0 Å². The molecule has 5 heteroatoms. The zero-order chi connectivity index (χ0) is 18.3. The molecule has 0 unspecified atom stereocenters. The SMILES string of the molecule is CC(C)c1cccc(C(=O)[O-])c1.CC(C)c1cccc(C(=O)[O-])c1.[Cd+2]. The second-order valence-corrected chi connectivity index (χ2v) is 6.14. The van der Waals surface area contributed by atoms with E-state index in [1.54, 1.807) is 36.4 Å². The number of hydrogen-bond acceptors (Lipinski definition) is 4. The molecule has 0 aliphatic heterocycles. The van der Waals surface area contributed by atoms with Gasteiger partial charge in [-0.25, -0.2) is 0 Å². The Labute approximate surface area is 169 Å². The van der Waals surface area contributed by atoms with Crippen LogP contribution < -0.4 is 10.2 Å². The molecule has 0 radical (unpaired) electrons. The maximum atomic E-state index is 10.5. The second-order valence-electron chi connectivity index (χ2n) is 6.14. The van der Waals surface area contributed by atoms with Crippen molar-refractivity contribution >= 4 is 11.9 Å². The van der Waals surface area contributed by atoms with Crippen molar-refractivity contribution in [2.75, 3.05) is 0 Å². The maximum absolute atomic E-state index is 10.5. The molecule has 0 saturated carbocycles. The zero-order valence-electron chi connectivity index (χ0n) is 15.1. The van der Waals surface area contributed by atoms with Crippen molar-refractivity contribution in [3.05, 3.63) is 70.8 Å². The van der Waals surface area contributed by atoms with E-state index < -0.39 is 11.9 Å². The van der Waals surface area contributed by atoms with Crippen LogP contribution in [0.15, 0.2) is 48.5 Å². The fourth-order valence-electron chi connectivity index (χ4n) is 2.05. The van der Waals surface area contributed by atoms with E-state index >= 15 is 0 Å². The second kappa shape index (κ2) is 11.0. The first-order valence-corrected chi connectivity index (χ1v) is 7.85. The van der Waals surface area contributed by atoms with Crippen molar-refractivity contribution in [2.45, 2.75) is 39.5 Å². The van der Waals surface area contributed by atoms with Crippen molar-refractivity contribution in [3.63, 3.8) is 0 Å². The van der Waals surface area contributed by atoms with E-state index in [0.717, 1.165) is 11.1 Å². The van der Waals surface area contributed by atoms with Gasteiger partial charge >= 0.3 is 27.3 Å². The first-order valence-electron chi connectivity index (χ1n) is 7.85. The Kier molecular flexibility index (Phi) is 10.3. The van der Waals surface area contributed by atoms with E-state index in [2.05, 4.69) is 0 Å². The van der Waals surface area contributed by atoms with Gasteiger partial charge in [0.1, 0.15) is 0 Å². The number of aromatic carboxylic acids is 2. The summed E-state index contributed by atoms with van der Waals surface area (Å²) < 4.78 is 0. The molecule has 0 heterocycles. The van der Waals surface area contributed by atoms with E-state index in [4.69, 9.17) is 0 Å². The van der Waals surface area contributed by atoms with E-state index in [-0.39, 0.29) is 38.4 Å². The number of benzene rings is 2. The molecule has 0 aromatic heterocycles. The third kappa shape index (κ3) is 7.81. The maximum Gasteiger partial charge on any atom is 2.00 e. The Bertz CT molecular complexity index is 647. The summed E-state index contributed by atoms with van der Waals surface area (Å²) in [6, 6.07) is 13.7. The minimum Gasteiger partial charge on any atom is -0.545 e. The summed E-state index contributed by atoms with van der Waals surface area (Å²) in [4.78, 5) is 20.9. The molecule has 0 spiro atoms. The summed E-state index contributed by atoms with van der Waals surface area (Å²) in [5.74, 6) is -1.52. The van der Waals surface area contributed by atoms with Crippen LogP contribution in [0.1, 0.15) is 71.4 Å². The van der Waals surface area contributed by atoms with Gasteiger partial charge in [0.05, 0.1) is 11.9 Å². The average Bonchev–Trinajstić information content (AvgIpc) is 2.55. The molecule has 0 N–H and O–H groups in total. The molecule has 2 rings (SSSR count). The van der Waals surface area contributed by atoms with E-state index in [1.807, 2.05) is 39.8 Å². The van der Waals surface area contributed by atoms with Crippen LogP contribution in [0.4, 0.5) is 0 Å². The Morgan fingerprint density at radius 2 is 1.04 bits per heavy atom. The average molecular weight is 439 g/mol. The third-order valence-electron chi connectivity index (χ3n) is 3.58. The van der Waals surface area contributed by atoms with Crippen molar-refractivity contribution in [1.82, 2.24) is 0 Å². The van der Waals surface area contributed by atoms with Gasteiger partial charge < -0.3 is 19.8 Å². The monoisotopic (exact) mass is 440 g/mol. The first-order chi connectivity index (χ1) is 11.2. The summed E-state index contributed by atoms with van der Waals surface area (Å²) >= 11 is 0. The van der Waals surface area contributed by atoms with E-state index in [1.165, 1.54) is 0 Å². The van der Waals surface area contributed by atoms with E-state index in [9.17, 15) is 19.8 Å². The minimum absolute atomic E-state index is 0. The molecule has 0 atom stereocenters. The molecule has 25 heavy (non-hydrogen) atoms. The molecule has 128 valence electrons. The Hall–Kier alpha value is -1.70. The predicted molar refractivity (Wildman–Crippen MR) is 89.7 cm³/mol. The van der Waals surface area contributed by atoms with E-state index in [0.29, 0.717) is 11.8 Å². The molecule has 0 amide bonds. The molecule has 0 fully saturated rings. The summed E-state index contributed by atoms with van der Waals surface area (Å²) in [5, 5.41) is 20.9. The van der Waals surface area contributed by atoms with Gasteiger partial charge in [-0.15, -0.1) is 0 Å². The summed E-state index contributed by atoms with van der Waals surface area (Å²) in [6.45, 7) is 8.09. The van der Waals surface area contributed by atoms with Gasteiger partial charge in [-0.05, 0) is 46.2 Å². The topological polar surface area (TPSA) is 80.3 Å². The van der Waals surface area contributed by atoms with Crippen LogP contribution in [0.3, 0.4) is 0 Å². The molecule has 4 nitrogen and oxygen atoms in total. The van der Waals surface area contributed by atoms with Crippen LogP contribution in [-0.4, -0.2) is 11.9 Å². The van der Waals surface area contributed by atoms with Crippen molar-refractivity contribution in [1.29, 1.82) is 0 Å². The summed E-state index contributed by atoms with van der Waals surface area (Å²) in [6.07, 6.45) is 0. The Balaban J connectivity index is 0.000000443. The fraction of sp³-hybridized carbons (Fsp3) is 0.300. The molecule has 0 aliphatic carbocycles. The molecule has 0 aliphatic rings. The van der Waals surface area contributed by atoms with Crippen LogP contribution in [0, 0.1) is 0 Å². The number of rotatable bonds is 4. The molecular weight excluding hydrogens is 417 g/mol. The summed E-state index contributed by atoms with van der Waals surface area (Å²) in [7, 11) is 0.